The lowest BCUT2D eigenvalue weighted by molar-refractivity contribution is 1.09. The molecule has 0 fully saturated rings. The van der Waals surface area contributed by atoms with E-state index in [4.69, 9.17) is 0 Å². The molecule has 0 aliphatic carbocycles. The van der Waals surface area contributed by atoms with Crippen molar-refractivity contribution in [2.75, 3.05) is 12.4 Å². The molecule has 0 aliphatic rings. The van der Waals surface area contributed by atoms with Crippen LogP contribution < -0.4 is 5.32 Å². The number of hydrogen-bond donors (Lipinski definition) is 1. The molecule has 2 heterocycles. The molecular weight excluding hydrogens is 401 g/mol. The van der Waals surface area contributed by atoms with Gasteiger partial charge in [0.15, 0.2) is 5.82 Å². The molecule has 0 atom stereocenters. The molecule has 2 aromatic heterocycles. The van der Waals surface area contributed by atoms with E-state index in [-0.39, 0.29) is 0 Å². The summed E-state index contributed by atoms with van der Waals surface area (Å²) in [6, 6.07) is 2.03. The van der Waals surface area contributed by atoms with Crippen LogP contribution in [0.3, 0.4) is 0 Å². The number of nitrogens with zero attached hydrogens (tertiary/aromatic N) is 2. The van der Waals surface area contributed by atoms with Crippen LogP contribution in [0.1, 0.15) is 5.69 Å². The number of halogens is 2. The first-order chi connectivity index (χ1) is 7.61. The van der Waals surface area contributed by atoms with Crippen molar-refractivity contribution in [3.8, 4) is 10.7 Å². The number of thiophene rings is 1. The molecule has 0 saturated heterocycles. The third kappa shape index (κ3) is 2.38. The van der Waals surface area contributed by atoms with Crippen LogP contribution in [0.5, 0.6) is 0 Å². The SMILES string of the molecule is CNc1nc(-c2cc(Br)cs2)nc(C)c1I. The van der Waals surface area contributed by atoms with E-state index in [0.29, 0.717) is 0 Å². The number of nitrogens with one attached hydrogen (secondary N) is 1. The molecule has 0 radical (unpaired) electrons. The molecule has 1 N–H and O–H groups in total. The predicted octanol–water partition coefficient (Wildman–Crippen LogP) is 3.92. The van der Waals surface area contributed by atoms with E-state index in [1.165, 1.54) is 0 Å². The topological polar surface area (TPSA) is 37.8 Å². The molecule has 0 saturated carbocycles. The Hall–Kier alpha value is -0.210. The highest BCUT2D eigenvalue weighted by atomic mass is 127. The van der Waals surface area contributed by atoms with Crippen molar-refractivity contribution in [3.05, 3.63) is 25.2 Å². The standard InChI is InChI=1S/C10H9BrIN3S/c1-5-8(12)10(13-2)15-9(14-5)7-3-6(11)4-16-7/h3-4H,1-2H3,(H,13,14,15). The number of aryl methyl sites for hydroxylation is 1. The molecule has 84 valence electrons. The molecule has 0 aromatic carbocycles. The number of rotatable bonds is 2. The van der Waals surface area contributed by atoms with Crippen molar-refractivity contribution in [2.45, 2.75) is 6.92 Å². The zero-order valence-electron chi connectivity index (χ0n) is 8.71. The molecule has 0 unspecified atom stereocenters. The molecule has 16 heavy (non-hydrogen) atoms. The normalized spacial score (nSPS) is 10.5. The summed E-state index contributed by atoms with van der Waals surface area (Å²) in [6.07, 6.45) is 0. The van der Waals surface area contributed by atoms with Crippen molar-refractivity contribution in [3.63, 3.8) is 0 Å². The van der Waals surface area contributed by atoms with Gasteiger partial charge in [0.25, 0.3) is 0 Å². The van der Waals surface area contributed by atoms with Gasteiger partial charge >= 0.3 is 0 Å². The quantitative estimate of drug-likeness (QED) is 0.764. The molecule has 3 nitrogen and oxygen atoms in total. The fraction of sp³-hybridized carbons (Fsp3) is 0.200. The number of aromatic nitrogens is 2. The van der Waals surface area contributed by atoms with Gasteiger partial charge in [0, 0.05) is 16.9 Å². The van der Waals surface area contributed by atoms with E-state index < -0.39 is 0 Å². The highest BCUT2D eigenvalue weighted by Gasteiger charge is 2.10. The summed E-state index contributed by atoms with van der Waals surface area (Å²) in [5, 5.41) is 5.12. The lowest BCUT2D eigenvalue weighted by Crippen LogP contribution is -2.02. The zero-order valence-corrected chi connectivity index (χ0v) is 13.3. The van der Waals surface area contributed by atoms with E-state index in [1.54, 1.807) is 11.3 Å². The summed E-state index contributed by atoms with van der Waals surface area (Å²) in [5.41, 5.74) is 1.000. The van der Waals surface area contributed by atoms with Gasteiger partial charge in [0.05, 0.1) is 14.1 Å². The Kier molecular flexibility index (Phi) is 3.81. The average molecular weight is 410 g/mol. The molecule has 6 heteroatoms. The van der Waals surface area contributed by atoms with Crippen molar-refractivity contribution >= 4 is 55.7 Å². The minimum atomic E-state index is 0.776. The number of hydrogen-bond acceptors (Lipinski definition) is 4. The summed E-state index contributed by atoms with van der Waals surface area (Å²) in [5.74, 6) is 1.66. The van der Waals surface area contributed by atoms with Crippen LogP contribution in [0.4, 0.5) is 5.82 Å². The van der Waals surface area contributed by atoms with Crippen LogP contribution in [0.15, 0.2) is 15.9 Å². The van der Waals surface area contributed by atoms with Gasteiger partial charge < -0.3 is 5.32 Å². The maximum absolute atomic E-state index is 4.50. The van der Waals surface area contributed by atoms with Gasteiger partial charge in [-0.25, -0.2) is 9.97 Å². The van der Waals surface area contributed by atoms with Crippen LogP contribution in [-0.4, -0.2) is 17.0 Å². The highest BCUT2D eigenvalue weighted by molar-refractivity contribution is 14.1. The molecule has 0 aliphatic heterocycles. The second-order valence-corrected chi connectivity index (χ2v) is 6.08. The second-order valence-electron chi connectivity index (χ2n) is 3.17. The van der Waals surface area contributed by atoms with Gasteiger partial charge in [0.1, 0.15) is 5.82 Å². The van der Waals surface area contributed by atoms with Gasteiger partial charge in [0.2, 0.25) is 0 Å². The van der Waals surface area contributed by atoms with Gasteiger partial charge in [-0.2, -0.15) is 0 Å². The van der Waals surface area contributed by atoms with E-state index >= 15 is 0 Å². The van der Waals surface area contributed by atoms with Gasteiger partial charge in [-0.15, -0.1) is 11.3 Å². The number of anilines is 1. The molecule has 0 bridgehead atoms. The van der Waals surface area contributed by atoms with Gasteiger partial charge in [-0.05, 0) is 51.5 Å². The molecule has 0 spiro atoms. The maximum Gasteiger partial charge on any atom is 0.171 e. The Balaban J connectivity index is 2.54. The Morgan fingerprint density at radius 3 is 2.75 bits per heavy atom. The Morgan fingerprint density at radius 2 is 2.19 bits per heavy atom. The highest BCUT2D eigenvalue weighted by Crippen LogP contribution is 2.29. The van der Waals surface area contributed by atoms with Crippen molar-refractivity contribution in [2.24, 2.45) is 0 Å². The minimum Gasteiger partial charge on any atom is -0.372 e. The molecule has 2 rings (SSSR count). The van der Waals surface area contributed by atoms with E-state index in [9.17, 15) is 0 Å². The lowest BCUT2D eigenvalue weighted by atomic mass is 10.3. The van der Waals surface area contributed by atoms with E-state index in [0.717, 1.165) is 30.3 Å². The third-order valence-corrected chi connectivity index (χ3v) is 5.02. The summed E-state index contributed by atoms with van der Waals surface area (Å²) in [7, 11) is 1.87. The first kappa shape index (κ1) is 12.3. The maximum atomic E-state index is 4.50. The predicted molar refractivity (Wildman–Crippen MR) is 80.0 cm³/mol. The van der Waals surface area contributed by atoms with Crippen LogP contribution in [-0.2, 0) is 0 Å². The lowest BCUT2D eigenvalue weighted by Gasteiger charge is -2.07. The summed E-state index contributed by atoms with van der Waals surface area (Å²) in [4.78, 5) is 10.1. The summed E-state index contributed by atoms with van der Waals surface area (Å²) < 4.78 is 2.14. The summed E-state index contributed by atoms with van der Waals surface area (Å²) in [6.45, 7) is 2.00. The second kappa shape index (κ2) is 4.97. The van der Waals surface area contributed by atoms with Crippen molar-refractivity contribution in [1.82, 2.24) is 9.97 Å². The fourth-order valence-electron chi connectivity index (χ4n) is 1.27. The molecular formula is C10H9BrIN3S. The van der Waals surface area contributed by atoms with Gasteiger partial charge in [-0.3, -0.25) is 0 Å². The fourth-order valence-corrected chi connectivity index (χ4v) is 3.14. The monoisotopic (exact) mass is 409 g/mol. The van der Waals surface area contributed by atoms with Crippen LogP contribution in [0, 0.1) is 10.5 Å². The van der Waals surface area contributed by atoms with E-state index in [1.807, 2.05) is 25.4 Å². The van der Waals surface area contributed by atoms with Crippen LogP contribution in [0.25, 0.3) is 10.7 Å². The largest absolute Gasteiger partial charge is 0.372 e. The molecule has 0 amide bonds. The Morgan fingerprint density at radius 1 is 1.44 bits per heavy atom. The average Bonchev–Trinajstić information content (AvgIpc) is 2.69. The Bertz CT molecular complexity index is 527. The third-order valence-electron chi connectivity index (χ3n) is 2.04. The zero-order chi connectivity index (χ0) is 11.7. The smallest absolute Gasteiger partial charge is 0.171 e. The van der Waals surface area contributed by atoms with Crippen molar-refractivity contribution < 1.29 is 0 Å². The minimum absolute atomic E-state index is 0.776. The van der Waals surface area contributed by atoms with Gasteiger partial charge in [-0.1, -0.05) is 0 Å². The first-order valence-electron chi connectivity index (χ1n) is 4.58. The van der Waals surface area contributed by atoms with Crippen molar-refractivity contribution in [1.29, 1.82) is 0 Å². The van der Waals surface area contributed by atoms with Crippen LogP contribution in [0.2, 0.25) is 0 Å². The summed E-state index contributed by atoms with van der Waals surface area (Å²) >= 11 is 7.32. The molecule has 2 aromatic rings. The Labute approximate surface area is 120 Å². The van der Waals surface area contributed by atoms with E-state index in [2.05, 4.69) is 53.8 Å². The first-order valence-corrected chi connectivity index (χ1v) is 7.33. The van der Waals surface area contributed by atoms with Crippen LogP contribution >= 0.6 is 49.9 Å².